The van der Waals surface area contributed by atoms with Crippen LogP contribution in [0.15, 0.2) is 59.3 Å². The van der Waals surface area contributed by atoms with Crippen LogP contribution in [-0.4, -0.2) is 107 Å². The Labute approximate surface area is 221 Å². The van der Waals surface area contributed by atoms with Crippen molar-refractivity contribution in [3.8, 4) is 5.75 Å². The third kappa shape index (κ3) is 6.35. The van der Waals surface area contributed by atoms with Gasteiger partial charge in [0.05, 0.1) is 5.92 Å². The summed E-state index contributed by atoms with van der Waals surface area (Å²) in [5, 5.41) is 4.55. The highest BCUT2D eigenvalue weighted by molar-refractivity contribution is 6.06. The quantitative estimate of drug-likeness (QED) is 0.522. The van der Waals surface area contributed by atoms with E-state index < -0.39 is 0 Å². The summed E-state index contributed by atoms with van der Waals surface area (Å²) in [6, 6.07) is 17.0. The monoisotopic (exact) mass is 503 g/mol. The summed E-state index contributed by atoms with van der Waals surface area (Å²) in [4.78, 5) is 15.5. The average Bonchev–Trinajstić information content (AvgIpc) is 3.31. The van der Waals surface area contributed by atoms with Crippen molar-refractivity contribution in [2.24, 2.45) is 11.1 Å². The van der Waals surface area contributed by atoms with Crippen molar-refractivity contribution in [3.05, 3.63) is 65.2 Å². The standard InChI is InChI=1S/C30H41N5O2/c1-23(18-24-8-6-5-7-9-24)20-34-14-16-35(17-15-34)21-29-27-22-36-28-19-25(33(4)13-12-32(2)3)10-11-26(28)30(27)31-37-29/h5-11,18-19,27,29H,12-17,20-22H2,1-4H3. The van der Waals surface area contributed by atoms with E-state index in [1.165, 1.54) is 16.8 Å². The molecule has 5 rings (SSSR count). The highest BCUT2D eigenvalue weighted by Crippen LogP contribution is 2.36. The largest absolute Gasteiger partial charge is 0.492 e. The van der Waals surface area contributed by atoms with Crippen molar-refractivity contribution in [1.29, 1.82) is 0 Å². The van der Waals surface area contributed by atoms with E-state index in [0.29, 0.717) is 6.61 Å². The van der Waals surface area contributed by atoms with Crippen LogP contribution in [0, 0.1) is 5.92 Å². The second-order valence-electron chi connectivity index (χ2n) is 10.9. The van der Waals surface area contributed by atoms with Gasteiger partial charge >= 0.3 is 0 Å². The van der Waals surface area contributed by atoms with Gasteiger partial charge in [-0.2, -0.15) is 0 Å². The minimum Gasteiger partial charge on any atom is -0.492 e. The second kappa shape index (κ2) is 11.7. The molecule has 0 aromatic heterocycles. The van der Waals surface area contributed by atoms with Gasteiger partial charge in [0.2, 0.25) is 0 Å². The number of rotatable bonds is 9. The van der Waals surface area contributed by atoms with E-state index in [4.69, 9.17) is 9.57 Å². The van der Waals surface area contributed by atoms with Gasteiger partial charge in [0, 0.05) is 76.7 Å². The number of anilines is 1. The van der Waals surface area contributed by atoms with Crippen LogP contribution >= 0.6 is 0 Å². The van der Waals surface area contributed by atoms with Crippen molar-refractivity contribution in [3.63, 3.8) is 0 Å². The number of benzene rings is 2. The van der Waals surface area contributed by atoms with E-state index in [0.717, 1.165) is 69.4 Å². The van der Waals surface area contributed by atoms with Gasteiger partial charge < -0.3 is 19.4 Å². The molecule has 3 aliphatic rings. The maximum atomic E-state index is 6.25. The van der Waals surface area contributed by atoms with Crippen LogP contribution in [0.25, 0.3) is 6.08 Å². The van der Waals surface area contributed by atoms with Gasteiger partial charge in [-0.1, -0.05) is 47.1 Å². The molecule has 2 unspecified atom stereocenters. The molecule has 7 heteroatoms. The Kier molecular flexibility index (Phi) is 8.13. The maximum Gasteiger partial charge on any atom is 0.151 e. The zero-order chi connectivity index (χ0) is 25.8. The first kappa shape index (κ1) is 25.8. The van der Waals surface area contributed by atoms with Crippen LogP contribution in [0.2, 0.25) is 0 Å². The fraction of sp³-hybridized carbons (Fsp3) is 0.500. The normalized spacial score (nSPS) is 22.2. The van der Waals surface area contributed by atoms with Crippen LogP contribution in [0.5, 0.6) is 5.75 Å². The van der Waals surface area contributed by atoms with Gasteiger partial charge in [0.15, 0.2) is 6.10 Å². The number of oxime groups is 1. The fourth-order valence-electron chi connectivity index (χ4n) is 5.39. The molecule has 7 nitrogen and oxygen atoms in total. The molecule has 198 valence electrons. The van der Waals surface area contributed by atoms with Gasteiger partial charge in [-0.25, -0.2) is 0 Å². The van der Waals surface area contributed by atoms with Gasteiger partial charge in [-0.15, -0.1) is 0 Å². The lowest BCUT2D eigenvalue weighted by Gasteiger charge is -2.36. The molecule has 0 N–H and O–H groups in total. The topological polar surface area (TPSA) is 43.8 Å². The molecule has 1 saturated heterocycles. The van der Waals surface area contributed by atoms with Crippen LogP contribution in [-0.2, 0) is 4.84 Å². The number of piperazine rings is 1. The Morgan fingerprint density at radius 1 is 1.00 bits per heavy atom. The first-order valence-corrected chi connectivity index (χ1v) is 13.5. The Hall–Kier alpha value is -2.87. The summed E-state index contributed by atoms with van der Waals surface area (Å²) in [5.41, 5.74) is 5.98. The van der Waals surface area contributed by atoms with Crippen LogP contribution in [0.1, 0.15) is 18.1 Å². The van der Waals surface area contributed by atoms with E-state index in [1.807, 2.05) is 0 Å². The molecular formula is C30H41N5O2. The van der Waals surface area contributed by atoms with Crippen molar-refractivity contribution in [2.45, 2.75) is 13.0 Å². The predicted octanol–water partition coefficient (Wildman–Crippen LogP) is 3.52. The highest BCUT2D eigenvalue weighted by atomic mass is 16.6. The molecule has 0 saturated carbocycles. The summed E-state index contributed by atoms with van der Waals surface area (Å²) in [6.45, 7) is 11.0. The zero-order valence-electron chi connectivity index (χ0n) is 22.8. The summed E-state index contributed by atoms with van der Waals surface area (Å²) < 4.78 is 6.25. The molecule has 2 atom stereocenters. The van der Waals surface area contributed by atoms with Gasteiger partial charge in [-0.05, 0) is 38.7 Å². The Morgan fingerprint density at radius 2 is 1.76 bits per heavy atom. The SMILES string of the molecule is CC(=Cc1ccccc1)CN1CCN(CC2ON=C3c4ccc(N(C)CCN(C)C)cc4OCC32)CC1. The minimum atomic E-state index is 0.0526. The van der Waals surface area contributed by atoms with Gasteiger partial charge in [0.25, 0.3) is 0 Å². The molecule has 2 aromatic carbocycles. The van der Waals surface area contributed by atoms with Crippen molar-refractivity contribution in [2.75, 3.05) is 85.0 Å². The lowest BCUT2D eigenvalue weighted by Crippen LogP contribution is -2.50. The number of fused-ring (bicyclic) bond motifs is 3. The van der Waals surface area contributed by atoms with Crippen LogP contribution in [0.3, 0.4) is 0 Å². The molecule has 3 aliphatic heterocycles. The van der Waals surface area contributed by atoms with Crippen molar-refractivity contribution in [1.82, 2.24) is 14.7 Å². The van der Waals surface area contributed by atoms with E-state index >= 15 is 0 Å². The third-order valence-corrected chi connectivity index (χ3v) is 7.66. The smallest absolute Gasteiger partial charge is 0.151 e. The Morgan fingerprint density at radius 3 is 2.51 bits per heavy atom. The van der Waals surface area contributed by atoms with Gasteiger partial charge in [-0.3, -0.25) is 9.80 Å². The zero-order valence-corrected chi connectivity index (χ0v) is 22.8. The Balaban J connectivity index is 1.12. The van der Waals surface area contributed by atoms with Crippen LogP contribution in [0.4, 0.5) is 5.69 Å². The first-order chi connectivity index (χ1) is 18.0. The van der Waals surface area contributed by atoms with E-state index in [-0.39, 0.29) is 12.0 Å². The van der Waals surface area contributed by atoms with E-state index in [9.17, 15) is 0 Å². The molecule has 0 radical (unpaired) electrons. The Bertz CT molecular complexity index is 1110. The molecule has 0 spiro atoms. The molecule has 37 heavy (non-hydrogen) atoms. The fourth-order valence-corrected chi connectivity index (χ4v) is 5.39. The lowest BCUT2D eigenvalue weighted by molar-refractivity contribution is 0.0101. The predicted molar refractivity (Wildman–Crippen MR) is 152 cm³/mol. The summed E-state index contributed by atoms with van der Waals surface area (Å²) >= 11 is 0. The molecule has 0 amide bonds. The number of hydrogen-bond donors (Lipinski definition) is 0. The maximum absolute atomic E-state index is 6.25. The number of likely N-dealkylation sites (N-methyl/N-ethyl adjacent to an activating group) is 2. The summed E-state index contributed by atoms with van der Waals surface area (Å²) in [5.74, 6) is 1.11. The van der Waals surface area contributed by atoms with Crippen molar-refractivity contribution < 1.29 is 9.57 Å². The van der Waals surface area contributed by atoms with E-state index in [2.05, 4.69) is 107 Å². The summed E-state index contributed by atoms with van der Waals surface area (Å²) in [7, 11) is 6.33. The minimum absolute atomic E-state index is 0.0526. The third-order valence-electron chi connectivity index (χ3n) is 7.66. The van der Waals surface area contributed by atoms with Gasteiger partial charge in [0.1, 0.15) is 18.1 Å². The molecule has 0 aliphatic carbocycles. The lowest BCUT2D eigenvalue weighted by atomic mass is 9.90. The molecule has 2 aromatic rings. The molecule has 0 bridgehead atoms. The molecule has 3 heterocycles. The molecule has 1 fully saturated rings. The number of ether oxygens (including phenoxy) is 1. The van der Waals surface area contributed by atoms with Crippen molar-refractivity contribution >= 4 is 17.5 Å². The van der Waals surface area contributed by atoms with E-state index in [1.54, 1.807) is 0 Å². The number of nitrogens with zero attached hydrogens (tertiary/aromatic N) is 5. The first-order valence-electron chi connectivity index (χ1n) is 13.5. The average molecular weight is 504 g/mol. The highest BCUT2D eigenvalue weighted by Gasteiger charge is 2.41. The summed E-state index contributed by atoms with van der Waals surface area (Å²) in [6.07, 6.45) is 2.35. The second-order valence-corrected chi connectivity index (χ2v) is 10.9. The number of hydrogen-bond acceptors (Lipinski definition) is 7. The van der Waals surface area contributed by atoms with Crippen LogP contribution < -0.4 is 9.64 Å². The molecular weight excluding hydrogens is 462 g/mol.